The van der Waals surface area contributed by atoms with Crippen LogP contribution in [0.3, 0.4) is 0 Å². The van der Waals surface area contributed by atoms with Crippen LogP contribution in [0.2, 0.25) is 0 Å². The van der Waals surface area contributed by atoms with Gasteiger partial charge < -0.3 is 5.32 Å². The predicted molar refractivity (Wildman–Crippen MR) is 107 cm³/mol. The Labute approximate surface area is 164 Å². The van der Waals surface area contributed by atoms with E-state index in [1.54, 1.807) is 6.07 Å². The molecule has 0 spiro atoms. The van der Waals surface area contributed by atoms with E-state index in [9.17, 15) is 4.39 Å². The molecule has 3 aromatic heterocycles. The number of nitrogens with one attached hydrogen (secondary N) is 1. The Balaban J connectivity index is 1.40. The number of hydrogen-bond donors (Lipinski definition) is 1. The highest BCUT2D eigenvalue weighted by Crippen LogP contribution is 2.30. The maximum absolute atomic E-state index is 13.1. The molecule has 7 heteroatoms. The van der Waals surface area contributed by atoms with Crippen molar-refractivity contribution >= 4 is 11.5 Å². The summed E-state index contributed by atoms with van der Waals surface area (Å²) in [5, 5.41) is 7.51. The molecule has 0 amide bonds. The second-order valence-corrected chi connectivity index (χ2v) is 7.48. The molecule has 0 atom stereocenters. The number of likely N-dealkylation sites (tertiary alicyclic amines) is 1. The summed E-state index contributed by atoms with van der Waals surface area (Å²) in [7, 11) is 1.95. The van der Waals surface area contributed by atoms with E-state index in [1.165, 1.54) is 17.8 Å². The Morgan fingerprint density at radius 2 is 2.00 bits per heavy atom. The lowest BCUT2D eigenvalue weighted by molar-refractivity contribution is 0.203. The van der Waals surface area contributed by atoms with E-state index in [0.717, 1.165) is 49.6 Å². The van der Waals surface area contributed by atoms with Gasteiger partial charge in [-0.05, 0) is 57.1 Å². The lowest BCUT2D eigenvalue weighted by Gasteiger charge is -2.31. The van der Waals surface area contributed by atoms with E-state index in [-0.39, 0.29) is 5.82 Å². The third kappa shape index (κ3) is 4.54. The van der Waals surface area contributed by atoms with Crippen molar-refractivity contribution in [3.8, 4) is 0 Å². The van der Waals surface area contributed by atoms with Gasteiger partial charge in [-0.3, -0.25) is 14.6 Å². The molecule has 0 bridgehead atoms. The first-order chi connectivity index (χ1) is 13.5. The van der Waals surface area contributed by atoms with E-state index < -0.39 is 0 Å². The number of aryl methyl sites for hydroxylation is 2. The lowest BCUT2D eigenvalue weighted by atomic mass is 9.92. The van der Waals surface area contributed by atoms with Gasteiger partial charge in [0.1, 0.15) is 11.6 Å². The molecule has 1 N–H and O–H groups in total. The van der Waals surface area contributed by atoms with Crippen molar-refractivity contribution in [2.75, 3.05) is 18.4 Å². The summed E-state index contributed by atoms with van der Waals surface area (Å²) in [6, 6.07) is 7.13. The number of halogens is 1. The van der Waals surface area contributed by atoms with E-state index in [4.69, 9.17) is 4.98 Å². The van der Waals surface area contributed by atoms with Gasteiger partial charge in [0.15, 0.2) is 0 Å². The van der Waals surface area contributed by atoms with Crippen molar-refractivity contribution in [1.82, 2.24) is 24.6 Å². The summed E-state index contributed by atoms with van der Waals surface area (Å²) in [5.74, 6) is 0.742. The maximum Gasteiger partial charge on any atom is 0.141 e. The molecule has 1 saturated heterocycles. The van der Waals surface area contributed by atoms with Gasteiger partial charge in [-0.25, -0.2) is 9.37 Å². The number of piperidine rings is 1. The fraction of sp³-hybridized carbons (Fsp3) is 0.381. The largest absolute Gasteiger partial charge is 0.340 e. The maximum atomic E-state index is 13.1. The Hall–Kier alpha value is -2.80. The first-order valence-electron chi connectivity index (χ1n) is 9.62. The number of aromatic nitrogens is 4. The van der Waals surface area contributed by atoms with Gasteiger partial charge in [-0.15, -0.1) is 0 Å². The molecule has 0 aliphatic carbocycles. The molecule has 0 unspecified atom stereocenters. The molecule has 0 aromatic carbocycles. The molecule has 146 valence electrons. The van der Waals surface area contributed by atoms with Crippen LogP contribution in [0.25, 0.3) is 0 Å². The summed E-state index contributed by atoms with van der Waals surface area (Å²) in [4.78, 5) is 11.3. The molecule has 4 rings (SSSR count). The molecule has 3 aromatic rings. The zero-order valence-corrected chi connectivity index (χ0v) is 16.3. The van der Waals surface area contributed by atoms with E-state index >= 15 is 0 Å². The molecule has 1 aliphatic heterocycles. The summed E-state index contributed by atoms with van der Waals surface area (Å²) in [5.41, 5.74) is 4.29. The third-order valence-electron chi connectivity index (χ3n) is 5.14. The first-order valence-corrected chi connectivity index (χ1v) is 9.62. The minimum Gasteiger partial charge on any atom is -0.340 e. The van der Waals surface area contributed by atoms with Crippen molar-refractivity contribution in [2.24, 2.45) is 7.05 Å². The van der Waals surface area contributed by atoms with Gasteiger partial charge >= 0.3 is 0 Å². The average Bonchev–Trinajstić information content (AvgIpc) is 3.08. The van der Waals surface area contributed by atoms with Gasteiger partial charge in [0.2, 0.25) is 0 Å². The van der Waals surface area contributed by atoms with Gasteiger partial charge in [0.25, 0.3) is 0 Å². The number of hydrogen-bond acceptors (Lipinski definition) is 5. The molecular weight excluding hydrogens is 355 g/mol. The van der Waals surface area contributed by atoms with Crippen molar-refractivity contribution in [3.63, 3.8) is 0 Å². The van der Waals surface area contributed by atoms with Gasteiger partial charge in [0.05, 0.1) is 12.4 Å². The Kier molecular flexibility index (Phi) is 5.34. The highest BCUT2D eigenvalue weighted by Gasteiger charge is 2.22. The highest BCUT2D eigenvalue weighted by molar-refractivity contribution is 5.57. The van der Waals surface area contributed by atoms with E-state index in [1.807, 2.05) is 30.9 Å². The third-order valence-corrected chi connectivity index (χ3v) is 5.14. The summed E-state index contributed by atoms with van der Waals surface area (Å²) in [6.45, 7) is 5.06. The molecule has 6 nitrogen and oxygen atoms in total. The van der Waals surface area contributed by atoms with Crippen LogP contribution < -0.4 is 5.32 Å². The van der Waals surface area contributed by atoms with Crippen LogP contribution in [0.5, 0.6) is 0 Å². The molecule has 4 heterocycles. The van der Waals surface area contributed by atoms with Crippen LogP contribution in [-0.2, 0) is 13.6 Å². The minimum atomic E-state index is -0.338. The second-order valence-electron chi connectivity index (χ2n) is 7.48. The molecule has 28 heavy (non-hydrogen) atoms. The molecule has 0 saturated carbocycles. The first kappa shape index (κ1) is 18.6. The highest BCUT2D eigenvalue weighted by atomic mass is 19.1. The fourth-order valence-electron chi connectivity index (χ4n) is 3.77. The fourth-order valence-corrected chi connectivity index (χ4v) is 3.77. The zero-order valence-electron chi connectivity index (χ0n) is 16.3. The van der Waals surface area contributed by atoms with Crippen LogP contribution in [0.15, 0.2) is 42.9 Å². The van der Waals surface area contributed by atoms with Crippen LogP contribution >= 0.6 is 0 Å². The van der Waals surface area contributed by atoms with Crippen molar-refractivity contribution in [2.45, 2.75) is 32.2 Å². The monoisotopic (exact) mass is 380 g/mol. The number of anilines is 2. The SMILES string of the molecule is Cc1cc(Nc2ccc(F)cn2)cc(C2CCN(Cc3cnn(C)c3)CC2)n1. The molecule has 1 aliphatic rings. The normalized spacial score (nSPS) is 15.7. The quantitative estimate of drug-likeness (QED) is 0.730. The molecule has 0 radical (unpaired) electrons. The van der Waals surface area contributed by atoms with Crippen LogP contribution in [-0.4, -0.2) is 37.7 Å². The van der Waals surface area contributed by atoms with Crippen molar-refractivity contribution in [3.05, 3.63) is 65.6 Å². The number of nitrogens with zero attached hydrogens (tertiary/aromatic N) is 5. The van der Waals surface area contributed by atoms with Gasteiger partial charge in [0, 0.05) is 48.3 Å². The van der Waals surface area contributed by atoms with Crippen LogP contribution in [0, 0.1) is 12.7 Å². The standard InChI is InChI=1S/C21H25FN6/c1-15-9-19(26-21-4-3-18(22)12-23-21)10-20(25-15)17-5-7-28(8-6-17)14-16-11-24-27(2)13-16/h3-4,9-13,17H,5-8,14H2,1-2H3,(H,23,25,26). The Bertz CT molecular complexity index is 928. The smallest absolute Gasteiger partial charge is 0.141 e. The van der Waals surface area contributed by atoms with Crippen molar-refractivity contribution < 1.29 is 4.39 Å². The van der Waals surface area contributed by atoms with Gasteiger partial charge in [-0.1, -0.05) is 0 Å². The molecular formula is C21H25FN6. The van der Waals surface area contributed by atoms with Crippen molar-refractivity contribution in [1.29, 1.82) is 0 Å². The summed E-state index contributed by atoms with van der Waals surface area (Å²) >= 11 is 0. The number of rotatable bonds is 5. The summed E-state index contributed by atoms with van der Waals surface area (Å²) in [6.07, 6.45) is 7.41. The Morgan fingerprint density at radius 1 is 1.18 bits per heavy atom. The zero-order chi connectivity index (χ0) is 19.5. The Morgan fingerprint density at radius 3 is 2.68 bits per heavy atom. The van der Waals surface area contributed by atoms with E-state index in [0.29, 0.717) is 11.7 Å². The lowest BCUT2D eigenvalue weighted by Crippen LogP contribution is -2.32. The van der Waals surface area contributed by atoms with E-state index in [2.05, 4.69) is 32.6 Å². The molecule has 1 fully saturated rings. The average molecular weight is 380 g/mol. The minimum absolute atomic E-state index is 0.338. The second kappa shape index (κ2) is 8.06. The predicted octanol–water partition coefficient (Wildman–Crippen LogP) is 3.78. The summed E-state index contributed by atoms with van der Waals surface area (Å²) < 4.78 is 14.9. The van der Waals surface area contributed by atoms with Gasteiger partial charge in [-0.2, -0.15) is 5.10 Å². The van der Waals surface area contributed by atoms with Crippen LogP contribution in [0.1, 0.15) is 35.7 Å². The van der Waals surface area contributed by atoms with Crippen LogP contribution in [0.4, 0.5) is 15.9 Å². The topological polar surface area (TPSA) is 58.9 Å². The number of pyridine rings is 2.